The zero-order valence-corrected chi connectivity index (χ0v) is 30.3. The molecule has 0 saturated carbocycles. The lowest BCUT2D eigenvalue weighted by Crippen LogP contribution is -2.30. The fourth-order valence-electron chi connectivity index (χ4n) is 5.21. The van der Waals surface area contributed by atoms with Crippen molar-refractivity contribution in [3.63, 3.8) is 0 Å². The largest absolute Gasteiger partial charge is 0.462 e. The van der Waals surface area contributed by atoms with Gasteiger partial charge < -0.3 is 14.2 Å². The maximum atomic E-state index is 12.5. The molecule has 0 aromatic heterocycles. The van der Waals surface area contributed by atoms with E-state index in [1.807, 2.05) is 0 Å². The van der Waals surface area contributed by atoms with Gasteiger partial charge in [-0.2, -0.15) is 0 Å². The molecule has 0 heterocycles. The molecule has 1 atom stereocenters. The molecule has 0 radical (unpaired) electrons. The highest BCUT2D eigenvalue weighted by Crippen LogP contribution is 2.12. The van der Waals surface area contributed by atoms with Crippen molar-refractivity contribution in [3.8, 4) is 0 Å². The van der Waals surface area contributed by atoms with E-state index in [0.29, 0.717) is 25.7 Å². The summed E-state index contributed by atoms with van der Waals surface area (Å²) in [6.07, 6.45) is 36.1. The zero-order chi connectivity index (χ0) is 33.8. The van der Waals surface area contributed by atoms with Gasteiger partial charge in [0.25, 0.3) is 0 Å². The number of carbonyl (C=O) groups excluding carboxylic acids is 3. The summed E-state index contributed by atoms with van der Waals surface area (Å²) in [6, 6.07) is 0. The number of esters is 3. The minimum Gasteiger partial charge on any atom is -0.462 e. The Labute approximate surface area is 283 Å². The van der Waals surface area contributed by atoms with Gasteiger partial charge in [0.15, 0.2) is 6.10 Å². The predicted molar refractivity (Wildman–Crippen MR) is 192 cm³/mol. The second kappa shape index (κ2) is 35.7. The van der Waals surface area contributed by atoms with Gasteiger partial charge in [-0.05, 0) is 57.8 Å². The molecule has 0 aliphatic heterocycles. The van der Waals surface area contributed by atoms with Crippen LogP contribution in [-0.2, 0) is 28.6 Å². The predicted octanol–water partition coefficient (Wildman–Crippen LogP) is 11.7. The Hall–Kier alpha value is -2.11. The van der Waals surface area contributed by atoms with Crippen LogP contribution in [0.2, 0.25) is 0 Å². The topological polar surface area (TPSA) is 78.9 Å². The molecule has 6 heteroatoms. The molecule has 6 nitrogen and oxygen atoms in total. The van der Waals surface area contributed by atoms with Gasteiger partial charge in [0.1, 0.15) is 13.2 Å². The number of unbranched alkanes of at least 4 members (excludes halogenated alkanes) is 19. The second-order valence-corrected chi connectivity index (χ2v) is 12.8. The molecule has 0 aromatic carbocycles. The van der Waals surface area contributed by atoms with Crippen molar-refractivity contribution >= 4 is 17.9 Å². The lowest BCUT2D eigenvalue weighted by molar-refractivity contribution is -0.167. The highest BCUT2D eigenvalue weighted by molar-refractivity contribution is 5.71. The van der Waals surface area contributed by atoms with Crippen LogP contribution >= 0.6 is 0 Å². The van der Waals surface area contributed by atoms with E-state index >= 15 is 0 Å². The summed E-state index contributed by atoms with van der Waals surface area (Å²) in [5, 5.41) is 0. The van der Waals surface area contributed by atoms with Crippen LogP contribution in [-0.4, -0.2) is 37.2 Å². The molecule has 46 heavy (non-hydrogen) atoms. The van der Waals surface area contributed by atoms with Gasteiger partial charge in [0.2, 0.25) is 0 Å². The quantitative estimate of drug-likeness (QED) is 0.0299. The molecule has 0 N–H and O–H groups in total. The highest BCUT2D eigenvalue weighted by Gasteiger charge is 2.19. The lowest BCUT2D eigenvalue weighted by Gasteiger charge is -2.18. The highest BCUT2D eigenvalue weighted by atomic mass is 16.6. The maximum Gasteiger partial charge on any atom is 0.306 e. The van der Waals surface area contributed by atoms with Gasteiger partial charge in [-0.25, -0.2) is 0 Å². The molecule has 0 aromatic rings. The smallest absolute Gasteiger partial charge is 0.306 e. The average molecular weight is 649 g/mol. The molecule has 268 valence electrons. The van der Waals surface area contributed by atoms with Crippen LogP contribution in [0.3, 0.4) is 0 Å². The van der Waals surface area contributed by atoms with Crippen LogP contribution in [0.25, 0.3) is 0 Å². The van der Waals surface area contributed by atoms with Crippen molar-refractivity contribution in [2.45, 2.75) is 200 Å². The minimum atomic E-state index is -0.787. The van der Waals surface area contributed by atoms with Crippen molar-refractivity contribution in [3.05, 3.63) is 24.3 Å². The summed E-state index contributed by atoms with van der Waals surface area (Å²) in [5.74, 6) is -0.970. The molecule has 0 aliphatic carbocycles. The normalized spacial score (nSPS) is 12.2. The molecular formula is C40H72O6. The Kier molecular flexibility index (Phi) is 34.1. The minimum absolute atomic E-state index is 0.0892. The third kappa shape index (κ3) is 33.3. The first-order chi connectivity index (χ1) is 22.5. The van der Waals surface area contributed by atoms with Gasteiger partial charge in [0, 0.05) is 19.3 Å². The van der Waals surface area contributed by atoms with Crippen LogP contribution in [0.1, 0.15) is 194 Å². The number of allylic oxidation sites excluding steroid dienone is 4. The summed E-state index contributed by atoms with van der Waals surface area (Å²) in [6.45, 7) is 6.48. The number of ether oxygens (including phenoxy) is 3. The Morgan fingerprint density at radius 2 is 0.739 bits per heavy atom. The zero-order valence-electron chi connectivity index (χ0n) is 30.3. The van der Waals surface area contributed by atoms with Crippen molar-refractivity contribution < 1.29 is 28.6 Å². The fraction of sp³-hybridized carbons (Fsp3) is 0.825. The second-order valence-electron chi connectivity index (χ2n) is 12.8. The summed E-state index contributed by atoms with van der Waals surface area (Å²) < 4.78 is 16.5. The van der Waals surface area contributed by atoms with E-state index < -0.39 is 6.10 Å². The van der Waals surface area contributed by atoms with E-state index in [1.165, 1.54) is 96.3 Å². The van der Waals surface area contributed by atoms with Gasteiger partial charge in [-0.1, -0.05) is 141 Å². The van der Waals surface area contributed by atoms with E-state index in [1.54, 1.807) is 0 Å². The third-order valence-electron chi connectivity index (χ3n) is 8.18. The Morgan fingerprint density at radius 3 is 1.17 bits per heavy atom. The van der Waals surface area contributed by atoms with Crippen LogP contribution in [0.4, 0.5) is 0 Å². The molecule has 0 fully saturated rings. The van der Waals surface area contributed by atoms with Crippen LogP contribution in [0.15, 0.2) is 24.3 Å². The molecule has 0 saturated heterocycles. The van der Waals surface area contributed by atoms with E-state index in [9.17, 15) is 14.4 Å². The standard InChI is InChI=1S/C40H72O6/c1-4-7-10-13-16-19-22-24-27-30-33-39(42)45-36-37(46-40(43)34-31-28-25-21-18-15-12-9-6-3)35-44-38(41)32-29-26-23-20-17-14-11-8-5-2/h20-21,23,25,37H,4-19,22,24,26-36H2,1-3H3/b23-20-,25-21-. The van der Waals surface area contributed by atoms with Crippen LogP contribution in [0.5, 0.6) is 0 Å². The third-order valence-corrected chi connectivity index (χ3v) is 8.18. The summed E-state index contributed by atoms with van der Waals surface area (Å²) in [5.41, 5.74) is 0. The van der Waals surface area contributed by atoms with Crippen molar-refractivity contribution in [2.75, 3.05) is 13.2 Å². The van der Waals surface area contributed by atoms with Crippen molar-refractivity contribution in [2.24, 2.45) is 0 Å². The molecule has 1 unspecified atom stereocenters. The van der Waals surface area contributed by atoms with E-state index in [-0.39, 0.29) is 37.5 Å². The Morgan fingerprint density at radius 1 is 0.413 bits per heavy atom. The van der Waals surface area contributed by atoms with Gasteiger partial charge in [-0.3, -0.25) is 14.4 Å². The molecule has 0 bridgehead atoms. The first-order valence-corrected chi connectivity index (χ1v) is 19.3. The van der Waals surface area contributed by atoms with Crippen LogP contribution < -0.4 is 0 Å². The SMILES string of the molecule is CCCCCC/C=C\CCCC(=O)OCC(COC(=O)CCCCCCCCCCCC)OC(=O)CCC/C=C\CCCCCC. The molecule has 0 rings (SSSR count). The fourth-order valence-corrected chi connectivity index (χ4v) is 5.21. The number of carbonyl (C=O) groups is 3. The first-order valence-electron chi connectivity index (χ1n) is 19.3. The van der Waals surface area contributed by atoms with Crippen molar-refractivity contribution in [1.82, 2.24) is 0 Å². The molecular weight excluding hydrogens is 576 g/mol. The number of hydrogen-bond acceptors (Lipinski definition) is 6. The van der Waals surface area contributed by atoms with Gasteiger partial charge in [0.05, 0.1) is 0 Å². The maximum absolute atomic E-state index is 12.5. The average Bonchev–Trinajstić information content (AvgIpc) is 3.05. The Bertz CT molecular complexity index is 759. The Balaban J connectivity index is 4.43. The first kappa shape index (κ1) is 43.9. The lowest BCUT2D eigenvalue weighted by atomic mass is 10.1. The van der Waals surface area contributed by atoms with E-state index in [4.69, 9.17) is 14.2 Å². The van der Waals surface area contributed by atoms with Crippen LogP contribution in [0, 0.1) is 0 Å². The van der Waals surface area contributed by atoms with E-state index in [0.717, 1.165) is 44.9 Å². The summed E-state index contributed by atoms with van der Waals surface area (Å²) in [7, 11) is 0. The number of rotatable bonds is 34. The monoisotopic (exact) mass is 649 g/mol. The molecule has 0 spiro atoms. The van der Waals surface area contributed by atoms with Gasteiger partial charge in [-0.15, -0.1) is 0 Å². The molecule has 0 amide bonds. The summed E-state index contributed by atoms with van der Waals surface area (Å²) >= 11 is 0. The summed E-state index contributed by atoms with van der Waals surface area (Å²) in [4.78, 5) is 37.3. The van der Waals surface area contributed by atoms with E-state index in [2.05, 4.69) is 45.1 Å². The molecule has 0 aliphatic rings. The van der Waals surface area contributed by atoms with Gasteiger partial charge >= 0.3 is 17.9 Å². The van der Waals surface area contributed by atoms with Crippen molar-refractivity contribution in [1.29, 1.82) is 0 Å². The number of hydrogen-bond donors (Lipinski definition) is 0.